The van der Waals surface area contributed by atoms with E-state index in [0.717, 1.165) is 44.9 Å². The highest BCUT2D eigenvalue weighted by molar-refractivity contribution is 7.85. The second kappa shape index (κ2) is 6.20. The van der Waals surface area contributed by atoms with Crippen LogP contribution in [0.15, 0.2) is 0 Å². The van der Waals surface area contributed by atoms with Gasteiger partial charge in [0.25, 0.3) is 10.1 Å². The fraction of sp³-hybridized carbons (Fsp3) is 0.900. The maximum absolute atomic E-state index is 10.5. The zero-order chi connectivity index (χ0) is 12.0. The van der Waals surface area contributed by atoms with Crippen LogP contribution in [-0.2, 0) is 14.9 Å². The first kappa shape index (κ1) is 13.4. The van der Waals surface area contributed by atoms with E-state index in [1.807, 2.05) is 6.92 Å². The van der Waals surface area contributed by atoms with E-state index in [2.05, 4.69) is 4.58 Å². The molecule has 0 saturated heterocycles. The van der Waals surface area contributed by atoms with Gasteiger partial charge in [0.2, 0.25) is 0 Å². The van der Waals surface area contributed by atoms with Crippen LogP contribution in [0.5, 0.6) is 0 Å². The molecule has 0 bridgehead atoms. The van der Waals surface area contributed by atoms with Crippen molar-refractivity contribution >= 4 is 16.0 Å². The normalized spacial score (nSPS) is 17.4. The minimum atomic E-state index is -3.78. The first-order valence-electron chi connectivity index (χ1n) is 5.65. The van der Waals surface area contributed by atoms with Crippen LogP contribution in [0.1, 0.15) is 32.6 Å². The predicted molar refractivity (Wildman–Crippen MR) is 61.5 cm³/mol. The zero-order valence-corrected chi connectivity index (χ0v) is 10.5. The number of rotatable bonds is 6. The number of hydrogen-bond donors (Lipinski definition) is 1. The van der Waals surface area contributed by atoms with E-state index in [1.54, 1.807) is 0 Å². The van der Waals surface area contributed by atoms with E-state index < -0.39 is 10.1 Å². The summed E-state index contributed by atoms with van der Waals surface area (Å²) in [6.45, 7) is 4.67. The monoisotopic (exact) mass is 250 g/mol. The van der Waals surface area contributed by atoms with Crippen molar-refractivity contribution in [2.45, 2.75) is 32.6 Å². The number of unbranched alkanes of at least 4 members (excludes halogenated alkanes) is 2. The van der Waals surface area contributed by atoms with Gasteiger partial charge in [0.05, 0.1) is 19.3 Å². The van der Waals surface area contributed by atoms with E-state index in [0.29, 0.717) is 6.42 Å². The molecule has 1 heterocycles. The highest BCUT2D eigenvalue weighted by Crippen LogP contribution is 2.02. The fourth-order valence-corrected chi connectivity index (χ4v) is 2.33. The molecule has 0 amide bonds. The summed E-state index contributed by atoms with van der Waals surface area (Å²) in [5.41, 5.74) is 0. The Kier molecular flexibility index (Phi) is 5.21. The highest BCUT2D eigenvalue weighted by Gasteiger charge is 2.16. The average Bonchev–Trinajstić information content (AvgIpc) is 2.18. The molecule has 0 fully saturated rings. The minimum absolute atomic E-state index is 0.133. The molecule has 0 saturated carbocycles. The SMILES string of the molecule is CC1=[N+](CCCCCS(=O)(=O)O)CCCO1. The summed E-state index contributed by atoms with van der Waals surface area (Å²) >= 11 is 0. The molecule has 0 aromatic carbocycles. The van der Waals surface area contributed by atoms with Crippen molar-refractivity contribution in [1.29, 1.82) is 0 Å². The molecule has 1 aliphatic heterocycles. The van der Waals surface area contributed by atoms with Crippen molar-refractivity contribution in [3.8, 4) is 0 Å². The van der Waals surface area contributed by atoms with Crippen LogP contribution in [0.2, 0.25) is 0 Å². The van der Waals surface area contributed by atoms with Gasteiger partial charge in [0, 0.05) is 12.8 Å². The van der Waals surface area contributed by atoms with Crippen molar-refractivity contribution < 1.29 is 22.3 Å². The van der Waals surface area contributed by atoms with E-state index in [9.17, 15) is 8.42 Å². The quantitative estimate of drug-likeness (QED) is 0.432. The van der Waals surface area contributed by atoms with Crippen LogP contribution in [0.4, 0.5) is 0 Å². The third kappa shape index (κ3) is 5.46. The molecule has 0 unspecified atom stereocenters. The lowest BCUT2D eigenvalue weighted by molar-refractivity contribution is -0.545. The third-order valence-corrected chi connectivity index (χ3v) is 3.46. The van der Waals surface area contributed by atoms with E-state index in [1.165, 1.54) is 0 Å². The predicted octanol–water partition coefficient (Wildman–Crippen LogP) is 0.896. The summed E-state index contributed by atoms with van der Waals surface area (Å²) in [6.07, 6.45) is 3.30. The molecule has 16 heavy (non-hydrogen) atoms. The van der Waals surface area contributed by atoms with Gasteiger partial charge >= 0.3 is 5.90 Å². The van der Waals surface area contributed by atoms with E-state index in [4.69, 9.17) is 9.29 Å². The van der Waals surface area contributed by atoms with Gasteiger partial charge in [-0.25, -0.2) is 4.58 Å². The Morgan fingerprint density at radius 3 is 2.75 bits per heavy atom. The fourth-order valence-electron chi connectivity index (χ4n) is 1.76. The van der Waals surface area contributed by atoms with Gasteiger partial charge in [-0.1, -0.05) is 0 Å². The van der Waals surface area contributed by atoms with Gasteiger partial charge in [-0.2, -0.15) is 8.42 Å². The molecule has 0 radical (unpaired) electrons. The second-order valence-corrected chi connectivity index (χ2v) is 5.63. The third-order valence-electron chi connectivity index (χ3n) is 2.66. The van der Waals surface area contributed by atoms with Gasteiger partial charge in [-0.05, 0) is 12.8 Å². The van der Waals surface area contributed by atoms with Crippen molar-refractivity contribution in [3.63, 3.8) is 0 Å². The van der Waals surface area contributed by atoms with Crippen LogP contribution in [0.3, 0.4) is 0 Å². The Bertz CT molecular complexity index is 348. The molecular formula is C10H20NO4S+. The van der Waals surface area contributed by atoms with Crippen LogP contribution in [0.25, 0.3) is 0 Å². The molecule has 0 aromatic rings. The standard InChI is InChI=1S/C10H19NO4S/c1-10-11(7-5-8-15-10)6-3-2-4-9-16(12,13)14/h2-9H2,1H3/p+1. The molecular weight excluding hydrogens is 230 g/mol. The van der Waals surface area contributed by atoms with Crippen molar-refractivity contribution in [2.24, 2.45) is 0 Å². The van der Waals surface area contributed by atoms with Gasteiger partial charge in [0.15, 0.2) is 0 Å². The maximum atomic E-state index is 10.5. The lowest BCUT2D eigenvalue weighted by Gasteiger charge is -2.13. The van der Waals surface area contributed by atoms with Crippen LogP contribution >= 0.6 is 0 Å². The van der Waals surface area contributed by atoms with Crippen LogP contribution < -0.4 is 0 Å². The Morgan fingerprint density at radius 2 is 2.12 bits per heavy atom. The average molecular weight is 250 g/mol. The number of hydrogen-bond acceptors (Lipinski definition) is 3. The van der Waals surface area contributed by atoms with Crippen molar-refractivity contribution in [2.75, 3.05) is 25.4 Å². The van der Waals surface area contributed by atoms with Gasteiger partial charge in [0.1, 0.15) is 13.1 Å². The molecule has 94 valence electrons. The maximum Gasteiger partial charge on any atom is 0.333 e. The van der Waals surface area contributed by atoms with Gasteiger partial charge in [-0.15, -0.1) is 0 Å². The molecule has 1 aliphatic rings. The first-order chi connectivity index (χ1) is 7.49. The number of nitrogens with zero attached hydrogens (tertiary/aromatic N) is 1. The minimum Gasteiger partial charge on any atom is -0.448 e. The molecule has 0 aliphatic carbocycles. The summed E-state index contributed by atoms with van der Waals surface area (Å²) in [6, 6.07) is 0. The molecule has 1 N–H and O–H groups in total. The summed E-state index contributed by atoms with van der Waals surface area (Å²) in [5, 5.41) is 0. The largest absolute Gasteiger partial charge is 0.448 e. The van der Waals surface area contributed by atoms with Gasteiger partial charge in [-0.3, -0.25) is 4.55 Å². The Hall–Kier alpha value is -0.620. The summed E-state index contributed by atoms with van der Waals surface area (Å²) in [4.78, 5) is 0. The van der Waals surface area contributed by atoms with Crippen molar-refractivity contribution in [1.82, 2.24) is 0 Å². The summed E-state index contributed by atoms with van der Waals surface area (Å²) in [5.74, 6) is 0.827. The van der Waals surface area contributed by atoms with Crippen LogP contribution in [0, 0.1) is 0 Å². The first-order valence-corrected chi connectivity index (χ1v) is 7.26. The van der Waals surface area contributed by atoms with Crippen LogP contribution in [-0.4, -0.2) is 48.9 Å². The molecule has 0 aromatic heterocycles. The lowest BCUT2D eigenvalue weighted by atomic mass is 10.2. The second-order valence-electron chi connectivity index (χ2n) is 4.05. The topological polar surface area (TPSA) is 66.6 Å². The Morgan fingerprint density at radius 1 is 1.38 bits per heavy atom. The zero-order valence-electron chi connectivity index (χ0n) is 9.68. The summed E-state index contributed by atoms with van der Waals surface area (Å²) < 4.78 is 37.1. The van der Waals surface area contributed by atoms with E-state index >= 15 is 0 Å². The Balaban J connectivity index is 2.16. The molecule has 0 spiro atoms. The Labute approximate surface area is 96.9 Å². The molecule has 1 rings (SSSR count). The summed E-state index contributed by atoms with van der Waals surface area (Å²) in [7, 11) is -3.78. The van der Waals surface area contributed by atoms with Crippen molar-refractivity contribution in [3.05, 3.63) is 0 Å². The highest BCUT2D eigenvalue weighted by atomic mass is 32.2. The number of ether oxygens (including phenoxy) is 1. The van der Waals surface area contributed by atoms with Gasteiger partial charge < -0.3 is 4.74 Å². The smallest absolute Gasteiger partial charge is 0.333 e. The lowest BCUT2D eigenvalue weighted by Crippen LogP contribution is -2.29. The molecule has 0 atom stereocenters. The van der Waals surface area contributed by atoms with E-state index in [-0.39, 0.29) is 5.75 Å². The molecule has 5 nitrogen and oxygen atoms in total. The molecule has 6 heteroatoms.